The summed E-state index contributed by atoms with van der Waals surface area (Å²) < 4.78 is 19.5. The zero-order chi connectivity index (χ0) is 17.1. The van der Waals surface area contributed by atoms with Gasteiger partial charge in [-0.2, -0.15) is 0 Å². The molecule has 0 spiro atoms. The average Bonchev–Trinajstić information content (AvgIpc) is 3.05. The highest BCUT2D eigenvalue weighted by atomic mass is 79.9. The number of hydrogen-bond acceptors (Lipinski definition) is 4. The van der Waals surface area contributed by atoms with E-state index >= 15 is 0 Å². The summed E-state index contributed by atoms with van der Waals surface area (Å²) in [6.07, 6.45) is 0. The molecule has 0 aliphatic carbocycles. The molecule has 3 aromatic rings. The number of methoxy groups -OCH3 is 1. The molecule has 0 unspecified atom stereocenters. The van der Waals surface area contributed by atoms with E-state index in [4.69, 9.17) is 4.74 Å². The lowest BCUT2D eigenvalue weighted by Crippen LogP contribution is -2.13. The van der Waals surface area contributed by atoms with E-state index in [-0.39, 0.29) is 5.56 Å². The molecule has 7 heteroatoms. The SMILES string of the molecule is COc1ccc(-c2csc(NC(=O)c3cc(Br)ccc3F)n2)cc1. The van der Waals surface area contributed by atoms with Gasteiger partial charge in [0.15, 0.2) is 5.13 Å². The number of carbonyl (C=O) groups excluding carboxylic acids is 1. The van der Waals surface area contributed by atoms with Crippen LogP contribution in [0.15, 0.2) is 52.3 Å². The second kappa shape index (κ2) is 7.11. The molecule has 1 amide bonds. The van der Waals surface area contributed by atoms with E-state index in [0.717, 1.165) is 17.0 Å². The molecule has 0 bridgehead atoms. The van der Waals surface area contributed by atoms with E-state index in [1.807, 2.05) is 29.6 Å². The number of thiazole rings is 1. The zero-order valence-corrected chi connectivity index (χ0v) is 14.9. The highest BCUT2D eigenvalue weighted by Crippen LogP contribution is 2.27. The molecule has 4 nitrogen and oxygen atoms in total. The highest BCUT2D eigenvalue weighted by Gasteiger charge is 2.14. The standard InChI is InChI=1S/C17H12BrFN2O2S/c1-23-12-5-2-10(3-6-12)15-9-24-17(20-15)21-16(22)13-8-11(18)4-7-14(13)19/h2-9H,1H3,(H,20,21,22). The Morgan fingerprint density at radius 3 is 2.71 bits per heavy atom. The van der Waals surface area contributed by atoms with Crippen LogP contribution >= 0.6 is 27.3 Å². The molecule has 1 heterocycles. The van der Waals surface area contributed by atoms with Crippen molar-refractivity contribution in [3.05, 3.63) is 63.7 Å². The normalized spacial score (nSPS) is 10.5. The molecule has 0 fully saturated rings. The molecule has 0 atom stereocenters. The fraction of sp³-hybridized carbons (Fsp3) is 0.0588. The van der Waals surface area contributed by atoms with Crippen molar-refractivity contribution in [1.29, 1.82) is 0 Å². The largest absolute Gasteiger partial charge is 0.497 e. The fourth-order valence-electron chi connectivity index (χ4n) is 2.06. The van der Waals surface area contributed by atoms with Gasteiger partial charge >= 0.3 is 0 Å². The number of aromatic nitrogens is 1. The Balaban J connectivity index is 1.78. The van der Waals surface area contributed by atoms with E-state index in [1.165, 1.54) is 29.5 Å². The van der Waals surface area contributed by atoms with Gasteiger partial charge in [0.25, 0.3) is 5.91 Å². The minimum Gasteiger partial charge on any atom is -0.497 e. The van der Waals surface area contributed by atoms with Crippen LogP contribution in [0.25, 0.3) is 11.3 Å². The molecule has 3 rings (SSSR count). The number of benzene rings is 2. The first-order chi connectivity index (χ1) is 11.6. The van der Waals surface area contributed by atoms with Crippen LogP contribution in [0.1, 0.15) is 10.4 Å². The summed E-state index contributed by atoms with van der Waals surface area (Å²) in [5.74, 6) is -0.361. The summed E-state index contributed by atoms with van der Waals surface area (Å²) in [5, 5.41) is 4.86. The molecular formula is C17H12BrFN2O2S. The molecule has 0 saturated heterocycles. The number of ether oxygens (including phenoxy) is 1. The minimum atomic E-state index is -0.581. The third kappa shape index (κ3) is 3.63. The first-order valence-corrected chi connectivity index (χ1v) is 8.60. The van der Waals surface area contributed by atoms with Gasteiger partial charge < -0.3 is 4.74 Å². The van der Waals surface area contributed by atoms with E-state index in [1.54, 1.807) is 7.11 Å². The van der Waals surface area contributed by atoms with Crippen molar-refractivity contribution in [3.8, 4) is 17.0 Å². The maximum Gasteiger partial charge on any atom is 0.260 e. The minimum absolute atomic E-state index is 0.0365. The first-order valence-electron chi connectivity index (χ1n) is 6.93. The Kier molecular flexibility index (Phi) is 4.92. The Morgan fingerprint density at radius 2 is 2.00 bits per heavy atom. The Hall–Kier alpha value is -2.25. The van der Waals surface area contributed by atoms with Gasteiger partial charge in [-0.3, -0.25) is 10.1 Å². The molecule has 122 valence electrons. The topological polar surface area (TPSA) is 51.2 Å². The maximum atomic E-state index is 13.8. The summed E-state index contributed by atoms with van der Waals surface area (Å²) in [6.45, 7) is 0. The first kappa shape index (κ1) is 16.6. The van der Waals surface area contributed by atoms with Crippen LogP contribution in [-0.4, -0.2) is 18.0 Å². The summed E-state index contributed by atoms with van der Waals surface area (Å²) >= 11 is 4.51. The lowest BCUT2D eigenvalue weighted by Gasteiger charge is -2.04. The van der Waals surface area contributed by atoms with Crippen molar-refractivity contribution in [2.24, 2.45) is 0 Å². The van der Waals surface area contributed by atoms with Gasteiger partial charge in [-0.05, 0) is 42.5 Å². The third-order valence-electron chi connectivity index (χ3n) is 3.28. The van der Waals surface area contributed by atoms with Gasteiger partial charge in [0, 0.05) is 15.4 Å². The number of halogens is 2. The molecule has 0 saturated carbocycles. The smallest absolute Gasteiger partial charge is 0.260 e. The van der Waals surface area contributed by atoms with E-state index < -0.39 is 11.7 Å². The number of hydrogen-bond donors (Lipinski definition) is 1. The summed E-state index contributed by atoms with van der Waals surface area (Å²) in [4.78, 5) is 16.6. The number of nitrogens with one attached hydrogen (secondary N) is 1. The zero-order valence-electron chi connectivity index (χ0n) is 12.5. The number of anilines is 1. The Labute approximate surface area is 150 Å². The molecular weight excluding hydrogens is 395 g/mol. The van der Waals surface area contributed by atoms with Gasteiger partial charge in [0.1, 0.15) is 11.6 Å². The van der Waals surface area contributed by atoms with Gasteiger partial charge in [-0.15, -0.1) is 11.3 Å². The maximum absolute atomic E-state index is 13.8. The van der Waals surface area contributed by atoms with Crippen LogP contribution in [0, 0.1) is 5.82 Å². The van der Waals surface area contributed by atoms with Crippen LogP contribution in [0.3, 0.4) is 0 Å². The fourth-order valence-corrected chi connectivity index (χ4v) is 3.14. The van der Waals surface area contributed by atoms with Crippen LogP contribution in [0.4, 0.5) is 9.52 Å². The highest BCUT2D eigenvalue weighted by molar-refractivity contribution is 9.10. The van der Waals surface area contributed by atoms with Gasteiger partial charge in [-0.1, -0.05) is 15.9 Å². The monoisotopic (exact) mass is 406 g/mol. The second-order valence-corrected chi connectivity index (χ2v) is 6.62. The predicted molar refractivity (Wildman–Crippen MR) is 96.2 cm³/mol. The Bertz CT molecular complexity index is 881. The quantitative estimate of drug-likeness (QED) is 0.664. The van der Waals surface area contributed by atoms with Crippen molar-refractivity contribution < 1.29 is 13.9 Å². The van der Waals surface area contributed by atoms with Crippen LogP contribution in [0.5, 0.6) is 5.75 Å². The van der Waals surface area contributed by atoms with Crippen molar-refractivity contribution in [2.45, 2.75) is 0 Å². The second-order valence-electron chi connectivity index (χ2n) is 4.84. The van der Waals surface area contributed by atoms with E-state index in [0.29, 0.717) is 9.60 Å². The molecule has 0 aliphatic rings. The average molecular weight is 407 g/mol. The van der Waals surface area contributed by atoms with Crippen molar-refractivity contribution in [3.63, 3.8) is 0 Å². The predicted octanol–water partition coefficient (Wildman–Crippen LogP) is 4.97. The van der Waals surface area contributed by atoms with Crippen LogP contribution in [-0.2, 0) is 0 Å². The lowest BCUT2D eigenvalue weighted by atomic mass is 10.2. The molecule has 1 aromatic heterocycles. The van der Waals surface area contributed by atoms with Crippen molar-refractivity contribution >= 4 is 38.3 Å². The number of carbonyl (C=O) groups is 1. The number of amides is 1. The number of nitrogens with zero attached hydrogens (tertiary/aromatic N) is 1. The molecule has 24 heavy (non-hydrogen) atoms. The summed E-state index contributed by atoms with van der Waals surface area (Å²) in [5.41, 5.74) is 1.60. The van der Waals surface area contributed by atoms with Gasteiger partial charge in [0.2, 0.25) is 0 Å². The lowest BCUT2D eigenvalue weighted by molar-refractivity contribution is 0.102. The third-order valence-corrected chi connectivity index (χ3v) is 4.53. The molecule has 0 radical (unpaired) electrons. The van der Waals surface area contributed by atoms with Crippen LogP contribution in [0.2, 0.25) is 0 Å². The Morgan fingerprint density at radius 1 is 1.25 bits per heavy atom. The summed E-state index contributed by atoms with van der Waals surface area (Å²) in [6, 6.07) is 11.7. The molecule has 2 aromatic carbocycles. The van der Waals surface area contributed by atoms with Gasteiger partial charge in [0.05, 0.1) is 18.4 Å². The van der Waals surface area contributed by atoms with E-state index in [2.05, 4.69) is 26.2 Å². The van der Waals surface area contributed by atoms with Crippen molar-refractivity contribution in [2.75, 3.05) is 12.4 Å². The van der Waals surface area contributed by atoms with E-state index in [9.17, 15) is 9.18 Å². The van der Waals surface area contributed by atoms with Gasteiger partial charge in [-0.25, -0.2) is 9.37 Å². The molecule has 1 N–H and O–H groups in total. The van der Waals surface area contributed by atoms with Crippen LogP contribution < -0.4 is 10.1 Å². The molecule has 0 aliphatic heterocycles. The number of rotatable bonds is 4. The van der Waals surface area contributed by atoms with Crippen molar-refractivity contribution in [1.82, 2.24) is 4.98 Å². The summed E-state index contributed by atoms with van der Waals surface area (Å²) in [7, 11) is 1.60.